The first kappa shape index (κ1) is 10.1. The number of halogens is 2. The third-order valence-corrected chi connectivity index (χ3v) is 0.929. The number of carbonyl (C=O) groups excluding carboxylic acids is 1. The van der Waals surface area contributed by atoms with Crippen molar-refractivity contribution in [3.8, 4) is 0 Å². The molecule has 0 aromatic heterocycles. The van der Waals surface area contributed by atoms with Crippen molar-refractivity contribution in [2.45, 2.75) is 19.3 Å². The fraction of sp³-hybridized carbons (Fsp3) is 0.571. The summed E-state index contributed by atoms with van der Waals surface area (Å²) >= 11 is 0. The molecule has 0 aliphatic rings. The van der Waals surface area contributed by atoms with Crippen LogP contribution < -0.4 is 0 Å². The molecule has 0 saturated carbocycles. The molecule has 64 valence electrons. The Kier molecular flexibility index (Phi) is 5.33. The van der Waals surface area contributed by atoms with E-state index in [1.807, 2.05) is 0 Å². The Labute approximate surface area is 63.8 Å². The van der Waals surface area contributed by atoms with E-state index in [0.717, 1.165) is 0 Å². The summed E-state index contributed by atoms with van der Waals surface area (Å²) in [6.07, 6.45) is -1.71. The smallest absolute Gasteiger partial charge is 0.306 e. The van der Waals surface area contributed by atoms with Gasteiger partial charge in [-0.15, -0.1) is 0 Å². The molecule has 0 N–H and O–H groups in total. The molecule has 0 aliphatic carbocycles. The van der Waals surface area contributed by atoms with Crippen molar-refractivity contribution in [3.63, 3.8) is 0 Å². The summed E-state index contributed by atoms with van der Waals surface area (Å²) in [4.78, 5) is 10.5. The molecule has 0 amide bonds. The molecular formula is C7H10F2O2. The Hall–Kier alpha value is -0.930. The van der Waals surface area contributed by atoms with Crippen molar-refractivity contribution in [3.05, 3.63) is 12.7 Å². The van der Waals surface area contributed by atoms with Crippen LogP contribution in [0.4, 0.5) is 8.78 Å². The van der Waals surface area contributed by atoms with Crippen molar-refractivity contribution in [2.75, 3.05) is 6.61 Å². The molecule has 0 spiro atoms. The van der Waals surface area contributed by atoms with Gasteiger partial charge >= 0.3 is 5.97 Å². The lowest BCUT2D eigenvalue weighted by atomic mass is 10.3. The number of rotatable bonds is 5. The highest BCUT2D eigenvalue weighted by Gasteiger charge is 2.07. The molecule has 11 heavy (non-hydrogen) atoms. The Morgan fingerprint density at radius 1 is 1.64 bits per heavy atom. The summed E-state index contributed by atoms with van der Waals surface area (Å²) in [7, 11) is 0. The first-order chi connectivity index (χ1) is 5.16. The van der Waals surface area contributed by atoms with Gasteiger partial charge in [-0.1, -0.05) is 12.7 Å². The Morgan fingerprint density at radius 2 is 2.27 bits per heavy atom. The van der Waals surface area contributed by atoms with Crippen LogP contribution in [0.3, 0.4) is 0 Å². The lowest BCUT2D eigenvalue weighted by Gasteiger charge is -1.99. The van der Waals surface area contributed by atoms with Crippen LogP contribution in [0.2, 0.25) is 0 Å². The van der Waals surface area contributed by atoms with E-state index in [1.54, 1.807) is 0 Å². The van der Waals surface area contributed by atoms with Crippen LogP contribution in [0, 0.1) is 0 Å². The second-order valence-corrected chi connectivity index (χ2v) is 1.90. The van der Waals surface area contributed by atoms with E-state index in [1.165, 1.54) is 6.08 Å². The molecule has 4 heteroatoms. The van der Waals surface area contributed by atoms with Crippen molar-refractivity contribution in [1.82, 2.24) is 0 Å². The Bertz CT molecular complexity index is 134. The highest BCUT2D eigenvalue weighted by atomic mass is 19.3. The highest BCUT2D eigenvalue weighted by Crippen LogP contribution is 2.03. The average Bonchev–Trinajstić information content (AvgIpc) is 1.97. The quantitative estimate of drug-likeness (QED) is 0.457. The number of carbonyl (C=O) groups is 1. The topological polar surface area (TPSA) is 26.3 Å². The van der Waals surface area contributed by atoms with Crippen molar-refractivity contribution < 1.29 is 18.3 Å². The number of hydrogen-bond donors (Lipinski definition) is 0. The third kappa shape index (κ3) is 6.96. The monoisotopic (exact) mass is 164 g/mol. The molecule has 0 unspecified atom stereocenters. The Morgan fingerprint density at radius 3 is 2.73 bits per heavy atom. The standard InChI is InChI=1S/C7H10F2O2/c1-2-5-11-7(10)4-3-6(8)9/h2,6H,1,3-5H2. The third-order valence-electron chi connectivity index (χ3n) is 0.929. The maximum Gasteiger partial charge on any atom is 0.306 e. The van der Waals surface area contributed by atoms with Crippen LogP contribution in [-0.2, 0) is 9.53 Å². The van der Waals surface area contributed by atoms with E-state index in [2.05, 4.69) is 11.3 Å². The van der Waals surface area contributed by atoms with Gasteiger partial charge < -0.3 is 4.74 Å². The first-order valence-corrected chi connectivity index (χ1v) is 3.21. The zero-order valence-corrected chi connectivity index (χ0v) is 6.06. The minimum absolute atomic E-state index is 0.0854. The van der Waals surface area contributed by atoms with Gasteiger partial charge in [-0.3, -0.25) is 4.79 Å². The summed E-state index contributed by atoms with van der Waals surface area (Å²) in [5, 5.41) is 0. The summed E-state index contributed by atoms with van der Waals surface area (Å²) in [5.41, 5.74) is 0. The van der Waals surface area contributed by atoms with Crippen LogP contribution in [0.25, 0.3) is 0 Å². The van der Waals surface area contributed by atoms with Gasteiger partial charge in [-0.05, 0) is 0 Å². The molecule has 0 radical (unpaired) electrons. The molecule has 0 fully saturated rings. The minimum atomic E-state index is -2.44. The van der Waals surface area contributed by atoms with Gasteiger partial charge in [-0.2, -0.15) is 0 Å². The molecule has 0 aliphatic heterocycles. The average molecular weight is 164 g/mol. The van der Waals surface area contributed by atoms with E-state index in [9.17, 15) is 13.6 Å². The van der Waals surface area contributed by atoms with E-state index in [4.69, 9.17) is 0 Å². The maximum atomic E-state index is 11.5. The van der Waals surface area contributed by atoms with Gasteiger partial charge in [0.25, 0.3) is 0 Å². The maximum absolute atomic E-state index is 11.5. The van der Waals surface area contributed by atoms with Gasteiger partial charge in [0.1, 0.15) is 6.61 Å². The van der Waals surface area contributed by atoms with Crippen LogP contribution in [0.5, 0.6) is 0 Å². The number of hydrogen-bond acceptors (Lipinski definition) is 2. The van der Waals surface area contributed by atoms with Crippen LogP contribution in [-0.4, -0.2) is 19.0 Å². The molecule has 0 rings (SSSR count). The molecule has 2 nitrogen and oxygen atoms in total. The van der Waals surface area contributed by atoms with Crippen LogP contribution in [0.15, 0.2) is 12.7 Å². The zero-order valence-electron chi connectivity index (χ0n) is 6.06. The predicted molar refractivity (Wildman–Crippen MR) is 36.4 cm³/mol. The second kappa shape index (κ2) is 5.82. The molecule has 0 saturated heterocycles. The van der Waals surface area contributed by atoms with Gasteiger partial charge in [-0.25, -0.2) is 8.78 Å². The lowest BCUT2D eigenvalue weighted by molar-refractivity contribution is -0.143. The fourth-order valence-corrected chi connectivity index (χ4v) is 0.451. The Balaban J connectivity index is 3.29. The summed E-state index contributed by atoms with van der Waals surface area (Å²) in [5.74, 6) is -0.606. The van der Waals surface area contributed by atoms with Crippen molar-refractivity contribution >= 4 is 5.97 Å². The van der Waals surface area contributed by atoms with E-state index < -0.39 is 18.8 Å². The van der Waals surface area contributed by atoms with Crippen molar-refractivity contribution in [1.29, 1.82) is 0 Å². The second-order valence-electron chi connectivity index (χ2n) is 1.90. The van der Waals surface area contributed by atoms with Crippen LogP contribution >= 0.6 is 0 Å². The zero-order chi connectivity index (χ0) is 8.69. The van der Waals surface area contributed by atoms with E-state index in [-0.39, 0.29) is 13.0 Å². The molecule has 0 heterocycles. The largest absolute Gasteiger partial charge is 0.461 e. The first-order valence-electron chi connectivity index (χ1n) is 3.21. The predicted octanol–water partition coefficient (Wildman–Crippen LogP) is 1.76. The molecule has 0 aromatic rings. The minimum Gasteiger partial charge on any atom is -0.461 e. The number of esters is 1. The summed E-state index contributed by atoms with van der Waals surface area (Å²) in [6.45, 7) is 3.39. The van der Waals surface area contributed by atoms with Gasteiger partial charge in [0.2, 0.25) is 6.43 Å². The van der Waals surface area contributed by atoms with Crippen LogP contribution in [0.1, 0.15) is 12.8 Å². The van der Waals surface area contributed by atoms with E-state index in [0.29, 0.717) is 0 Å². The molecule has 0 atom stereocenters. The highest BCUT2D eigenvalue weighted by molar-refractivity contribution is 5.69. The number of ether oxygens (including phenoxy) is 1. The fourth-order valence-electron chi connectivity index (χ4n) is 0.451. The van der Waals surface area contributed by atoms with E-state index >= 15 is 0 Å². The summed E-state index contributed by atoms with van der Waals surface area (Å²) < 4.78 is 27.4. The molecule has 0 aromatic carbocycles. The summed E-state index contributed by atoms with van der Waals surface area (Å²) in [6, 6.07) is 0. The SMILES string of the molecule is C=CCOC(=O)CCC(F)F. The van der Waals surface area contributed by atoms with Gasteiger partial charge in [0.05, 0.1) is 6.42 Å². The lowest BCUT2D eigenvalue weighted by Crippen LogP contribution is -2.06. The normalized spacial score (nSPS) is 9.73. The van der Waals surface area contributed by atoms with Gasteiger partial charge in [0.15, 0.2) is 0 Å². The molecule has 0 bridgehead atoms. The number of alkyl halides is 2. The molecular weight excluding hydrogens is 154 g/mol. The van der Waals surface area contributed by atoms with Gasteiger partial charge in [0, 0.05) is 6.42 Å². The van der Waals surface area contributed by atoms with Crippen molar-refractivity contribution in [2.24, 2.45) is 0 Å².